The third-order valence-corrected chi connectivity index (χ3v) is 5.29. The van der Waals surface area contributed by atoms with Crippen LogP contribution in [0, 0.1) is 5.92 Å². The lowest BCUT2D eigenvalue weighted by atomic mass is 9.98. The maximum atomic E-state index is 12.9. The fraction of sp³-hybridized carbons (Fsp3) is 0.500. The molecular weight excluding hydrogens is 338 g/mol. The van der Waals surface area contributed by atoms with Gasteiger partial charge in [0, 0.05) is 19.6 Å². The molecule has 1 fully saturated rings. The van der Waals surface area contributed by atoms with Gasteiger partial charge in [-0.15, -0.1) is 11.3 Å². The molecule has 6 nitrogen and oxygen atoms in total. The SMILES string of the molecule is CCOC(=O)C1CCCN(C(=O)c2cc(-c3cccs3)n(CC)n2)C1. The number of ether oxygens (including phenoxy) is 1. The Morgan fingerprint density at radius 1 is 1.40 bits per heavy atom. The number of aromatic nitrogens is 2. The summed E-state index contributed by atoms with van der Waals surface area (Å²) in [4.78, 5) is 27.7. The van der Waals surface area contributed by atoms with Crippen LogP contribution in [0.15, 0.2) is 23.6 Å². The summed E-state index contributed by atoms with van der Waals surface area (Å²) in [5, 5.41) is 6.49. The highest BCUT2D eigenvalue weighted by atomic mass is 32.1. The number of hydrogen-bond acceptors (Lipinski definition) is 5. The summed E-state index contributed by atoms with van der Waals surface area (Å²) >= 11 is 1.63. The molecule has 134 valence electrons. The summed E-state index contributed by atoms with van der Waals surface area (Å²) in [5.41, 5.74) is 1.40. The normalized spacial score (nSPS) is 17.5. The van der Waals surface area contributed by atoms with E-state index in [2.05, 4.69) is 5.10 Å². The van der Waals surface area contributed by atoms with Crippen molar-refractivity contribution in [2.24, 2.45) is 5.92 Å². The van der Waals surface area contributed by atoms with E-state index in [1.165, 1.54) is 0 Å². The molecule has 0 aliphatic carbocycles. The summed E-state index contributed by atoms with van der Waals surface area (Å²) in [5.74, 6) is -0.556. The highest BCUT2D eigenvalue weighted by molar-refractivity contribution is 7.13. The maximum absolute atomic E-state index is 12.9. The van der Waals surface area contributed by atoms with E-state index in [-0.39, 0.29) is 17.8 Å². The van der Waals surface area contributed by atoms with Crippen LogP contribution in [-0.2, 0) is 16.1 Å². The van der Waals surface area contributed by atoms with E-state index < -0.39 is 0 Å². The number of thiophene rings is 1. The Bertz CT molecular complexity index is 739. The van der Waals surface area contributed by atoms with Crippen molar-refractivity contribution in [3.63, 3.8) is 0 Å². The van der Waals surface area contributed by atoms with Crippen molar-refractivity contribution in [3.05, 3.63) is 29.3 Å². The predicted octanol–water partition coefficient (Wildman–Crippen LogP) is 3.05. The second-order valence-electron chi connectivity index (χ2n) is 6.05. The molecule has 7 heteroatoms. The summed E-state index contributed by atoms with van der Waals surface area (Å²) in [6.07, 6.45) is 1.58. The lowest BCUT2D eigenvalue weighted by Gasteiger charge is -2.31. The highest BCUT2D eigenvalue weighted by Crippen LogP contribution is 2.27. The molecule has 0 N–H and O–H groups in total. The predicted molar refractivity (Wildman–Crippen MR) is 96.5 cm³/mol. The standard InChI is InChI=1S/C18H23N3O3S/c1-3-21-15(16-8-6-10-25-16)11-14(19-21)17(22)20-9-5-7-13(12-20)18(23)24-4-2/h6,8,10-11,13H,3-5,7,9,12H2,1-2H3. The molecule has 0 radical (unpaired) electrons. The molecule has 1 amide bonds. The number of nitrogens with zero attached hydrogens (tertiary/aromatic N) is 3. The number of piperidine rings is 1. The number of hydrogen-bond donors (Lipinski definition) is 0. The first kappa shape index (κ1) is 17.7. The van der Waals surface area contributed by atoms with Gasteiger partial charge < -0.3 is 9.64 Å². The number of amides is 1. The molecule has 1 saturated heterocycles. The van der Waals surface area contributed by atoms with Crippen LogP contribution in [0.5, 0.6) is 0 Å². The molecule has 0 spiro atoms. The number of rotatable bonds is 5. The molecule has 3 heterocycles. The Balaban J connectivity index is 1.77. The zero-order chi connectivity index (χ0) is 17.8. The van der Waals surface area contributed by atoms with Crippen LogP contribution in [0.25, 0.3) is 10.6 Å². The van der Waals surface area contributed by atoms with Crippen LogP contribution in [0.3, 0.4) is 0 Å². The monoisotopic (exact) mass is 361 g/mol. The minimum Gasteiger partial charge on any atom is -0.466 e. The lowest BCUT2D eigenvalue weighted by Crippen LogP contribution is -2.43. The third-order valence-electron chi connectivity index (χ3n) is 4.40. The summed E-state index contributed by atoms with van der Waals surface area (Å²) in [6.45, 7) is 5.94. The Hall–Kier alpha value is -2.15. The van der Waals surface area contributed by atoms with E-state index in [1.807, 2.05) is 35.2 Å². The van der Waals surface area contributed by atoms with Gasteiger partial charge in [-0.3, -0.25) is 14.3 Å². The van der Waals surface area contributed by atoms with E-state index in [0.29, 0.717) is 31.9 Å². The minimum absolute atomic E-state index is 0.112. The Morgan fingerprint density at radius 3 is 2.92 bits per heavy atom. The number of carbonyl (C=O) groups is 2. The second-order valence-corrected chi connectivity index (χ2v) is 7.00. The van der Waals surface area contributed by atoms with Crippen LogP contribution in [0.4, 0.5) is 0 Å². The zero-order valence-corrected chi connectivity index (χ0v) is 15.4. The van der Waals surface area contributed by atoms with E-state index in [4.69, 9.17) is 4.74 Å². The molecule has 2 aromatic heterocycles. The van der Waals surface area contributed by atoms with Crippen molar-refractivity contribution in [3.8, 4) is 10.6 Å². The average molecular weight is 361 g/mol. The van der Waals surface area contributed by atoms with Crippen molar-refractivity contribution in [1.29, 1.82) is 0 Å². The Labute approximate surface area is 151 Å². The molecule has 0 saturated carbocycles. The quantitative estimate of drug-likeness (QED) is 0.768. The molecule has 25 heavy (non-hydrogen) atoms. The van der Waals surface area contributed by atoms with Gasteiger partial charge in [-0.05, 0) is 44.2 Å². The smallest absolute Gasteiger partial charge is 0.310 e. The fourth-order valence-electron chi connectivity index (χ4n) is 3.16. The summed E-state index contributed by atoms with van der Waals surface area (Å²) in [7, 11) is 0. The lowest BCUT2D eigenvalue weighted by molar-refractivity contribution is -0.149. The van der Waals surface area contributed by atoms with E-state index in [1.54, 1.807) is 23.2 Å². The first-order chi connectivity index (χ1) is 12.1. The molecule has 0 bridgehead atoms. The van der Waals surface area contributed by atoms with Crippen LogP contribution < -0.4 is 0 Å². The van der Waals surface area contributed by atoms with Crippen LogP contribution in [0.2, 0.25) is 0 Å². The van der Waals surface area contributed by atoms with E-state index in [9.17, 15) is 9.59 Å². The van der Waals surface area contributed by atoms with Gasteiger partial charge in [-0.2, -0.15) is 5.10 Å². The van der Waals surface area contributed by atoms with Gasteiger partial charge in [0.15, 0.2) is 5.69 Å². The molecule has 1 unspecified atom stereocenters. The zero-order valence-electron chi connectivity index (χ0n) is 14.6. The van der Waals surface area contributed by atoms with Gasteiger partial charge >= 0.3 is 5.97 Å². The second kappa shape index (κ2) is 7.82. The van der Waals surface area contributed by atoms with E-state index >= 15 is 0 Å². The van der Waals surface area contributed by atoms with Gasteiger partial charge in [0.2, 0.25) is 0 Å². The number of esters is 1. The van der Waals surface area contributed by atoms with Gasteiger partial charge in [-0.25, -0.2) is 0 Å². The average Bonchev–Trinajstić information content (AvgIpc) is 3.30. The Kier molecular flexibility index (Phi) is 5.53. The van der Waals surface area contributed by atoms with E-state index in [0.717, 1.165) is 23.4 Å². The maximum Gasteiger partial charge on any atom is 0.310 e. The van der Waals surface area contributed by atoms with Crippen molar-refractivity contribution < 1.29 is 14.3 Å². The third kappa shape index (κ3) is 3.76. The van der Waals surface area contributed by atoms with Gasteiger partial charge in [0.05, 0.1) is 23.1 Å². The minimum atomic E-state index is -0.234. The van der Waals surface area contributed by atoms with Crippen LogP contribution in [-0.4, -0.2) is 46.3 Å². The van der Waals surface area contributed by atoms with Gasteiger partial charge in [0.1, 0.15) is 0 Å². The topological polar surface area (TPSA) is 64.4 Å². The van der Waals surface area contributed by atoms with Crippen molar-refractivity contribution in [1.82, 2.24) is 14.7 Å². The highest BCUT2D eigenvalue weighted by Gasteiger charge is 2.31. The number of carbonyl (C=O) groups excluding carboxylic acids is 2. The molecule has 2 aromatic rings. The Morgan fingerprint density at radius 2 is 2.24 bits per heavy atom. The molecule has 1 aliphatic rings. The van der Waals surface area contributed by atoms with Crippen molar-refractivity contribution >= 4 is 23.2 Å². The van der Waals surface area contributed by atoms with Crippen LogP contribution >= 0.6 is 11.3 Å². The first-order valence-corrected chi connectivity index (χ1v) is 9.59. The van der Waals surface area contributed by atoms with Crippen molar-refractivity contribution in [2.45, 2.75) is 33.2 Å². The molecule has 0 aromatic carbocycles. The fourth-order valence-corrected chi connectivity index (χ4v) is 3.91. The van der Waals surface area contributed by atoms with Gasteiger partial charge in [-0.1, -0.05) is 6.07 Å². The molecule has 1 aliphatic heterocycles. The van der Waals surface area contributed by atoms with Crippen molar-refractivity contribution in [2.75, 3.05) is 19.7 Å². The molecule has 1 atom stereocenters. The molecular formula is C18H23N3O3S. The van der Waals surface area contributed by atoms with Gasteiger partial charge in [0.25, 0.3) is 5.91 Å². The van der Waals surface area contributed by atoms with Crippen LogP contribution in [0.1, 0.15) is 37.2 Å². The number of likely N-dealkylation sites (tertiary alicyclic amines) is 1. The summed E-state index contributed by atoms with van der Waals surface area (Å²) in [6, 6.07) is 5.87. The largest absolute Gasteiger partial charge is 0.466 e. The molecule has 3 rings (SSSR count). The first-order valence-electron chi connectivity index (χ1n) is 8.71. The number of aryl methyl sites for hydroxylation is 1. The summed E-state index contributed by atoms with van der Waals surface area (Å²) < 4.78 is 6.96.